The van der Waals surface area contributed by atoms with Crippen molar-refractivity contribution in [1.82, 2.24) is 19.7 Å². The SMILES string of the molecule is C#Cc1cccc(NC(=O)N2CCC[C@@H]2c2nnc3n2CCCCC3)c1. The van der Waals surface area contributed by atoms with Gasteiger partial charge in [0.15, 0.2) is 5.82 Å². The molecule has 2 aromatic rings. The van der Waals surface area contributed by atoms with Crippen molar-refractivity contribution in [3.8, 4) is 12.3 Å². The van der Waals surface area contributed by atoms with Gasteiger partial charge in [0.1, 0.15) is 5.82 Å². The Morgan fingerprint density at radius 3 is 3.00 bits per heavy atom. The molecular weight excluding hydrogens is 326 g/mol. The molecule has 0 radical (unpaired) electrons. The van der Waals surface area contributed by atoms with Gasteiger partial charge in [0, 0.05) is 30.8 Å². The van der Waals surface area contributed by atoms with E-state index in [0.717, 1.165) is 61.7 Å². The number of amides is 2. The van der Waals surface area contributed by atoms with E-state index in [9.17, 15) is 4.79 Å². The maximum Gasteiger partial charge on any atom is 0.322 e. The molecule has 0 saturated carbocycles. The highest BCUT2D eigenvalue weighted by atomic mass is 16.2. The lowest BCUT2D eigenvalue weighted by molar-refractivity contribution is 0.203. The van der Waals surface area contributed by atoms with E-state index in [1.54, 1.807) is 0 Å². The minimum Gasteiger partial charge on any atom is -0.314 e. The van der Waals surface area contributed by atoms with E-state index in [0.29, 0.717) is 0 Å². The molecule has 4 rings (SSSR count). The highest BCUT2D eigenvalue weighted by Crippen LogP contribution is 2.32. The summed E-state index contributed by atoms with van der Waals surface area (Å²) in [4.78, 5) is 14.7. The van der Waals surface area contributed by atoms with Gasteiger partial charge in [-0.25, -0.2) is 4.79 Å². The predicted octanol–water partition coefficient (Wildman–Crippen LogP) is 3.35. The number of terminal acetylenes is 1. The number of nitrogens with one attached hydrogen (secondary N) is 1. The summed E-state index contributed by atoms with van der Waals surface area (Å²) in [5, 5.41) is 11.8. The minimum atomic E-state index is -0.104. The van der Waals surface area contributed by atoms with Crippen LogP contribution >= 0.6 is 0 Å². The van der Waals surface area contributed by atoms with Gasteiger partial charge in [-0.3, -0.25) is 0 Å². The molecule has 6 heteroatoms. The third kappa shape index (κ3) is 3.17. The summed E-state index contributed by atoms with van der Waals surface area (Å²) in [7, 11) is 0. The Bertz CT molecular complexity index is 850. The molecule has 1 aromatic carbocycles. The Morgan fingerprint density at radius 2 is 2.12 bits per heavy atom. The number of urea groups is 1. The van der Waals surface area contributed by atoms with Gasteiger partial charge < -0.3 is 14.8 Å². The Kier molecular flexibility index (Phi) is 4.61. The number of benzene rings is 1. The molecule has 2 aliphatic rings. The van der Waals surface area contributed by atoms with Crippen LogP contribution in [0.2, 0.25) is 0 Å². The van der Waals surface area contributed by atoms with E-state index in [2.05, 4.69) is 26.0 Å². The first-order chi connectivity index (χ1) is 12.8. The van der Waals surface area contributed by atoms with Crippen molar-refractivity contribution in [1.29, 1.82) is 0 Å². The van der Waals surface area contributed by atoms with Crippen LogP contribution in [0.3, 0.4) is 0 Å². The van der Waals surface area contributed by atoms with Crippen LogP contribution in [0.15, 0.2) is 24.3 Å². The lowest BCUT2D eigenvalue weighted by Crippen LogP contribution is -2.35. The van der Waals surface area contributed by atoms with Crippen molar-refractivity contribution in [2.24, 2.45) is 0 Å². The monoisotopic (exact) mass is 349 g/mol. The molecule has 134 valence electrons. The molecule has 1 aromatic heterocycles. The summed E-state index contributed by atoms with van der Waals surface area (Å²) in [5.74, 6) is 4.59. The normalized spacial score (nSPS) is 19.5. The highest BCUT2D eigenvalue weighted by Gasteiger charge is 2.34. The lowest BCUT2D eigenvalue weighted by atomic mass is 10.2. The second-order valence-corrected chi connectivity index (χ2v) is 6.94. The fraction of sp³-hybridized carbons (Fsp3) is 0.450. The molecule has 2 amide bonds. The molecule has 0 spiro atoms. The van der Waals surface area contributed by atoms with Gasteiger partial charge in [-0.1, -0.05) is 18.4 Å². The number of likely N-dealkylation sites (tertiary alicyclic amines) is 1. The molecule has 2 aliphatic heterocycles. The average Bonchev–Trinajstić information content (AvgIpc) is 3.23. The van der Waals surface area contributed by atoms with Crippen LogP contribution in [-0.2, 0) is 13.0 Å². The summed E-state index contributed by atoms with van der Waals surface area (Å²) >= 11 is 0. The van der Waals surface area contributed by atoms with Crippen LogP contribution in [-0.4, -0.2) is 32.2 Å². The van der Waals surface area contributed by atoms with Crippen LogP contribution in [0.4, 0.5) is 10.5 Å². The zero-order valence-electron chi connectivity index (χ0n) is 14.8. The van der Waals surface area contributed by atoms with Crippen LogP contribution in [0, 0.1) is 12.3 Å². The summed E-state index contributed by atoms with van der Waals surface area (Å²) in [6, 6.07) is 7.25. The van der Waals surface area contributed by atoms with E-state index in [1.165, 1.54) is 12.8 Å². The summed E-state index contributed by atoms with van der Waals surface area (Å²) in [6.07, 6.45) is 11.9. The maximum atomic E-state index is 12.9. The van der Waals surface area contributed by atoms with Gasteiger partial charge in [-0.05, 0) is 43.9 Å². The molecule has 1 N–H and O–H groups in total. The molecular formula is C20H23N5O. The van der Waals surface area contributed by atoms with Gasteiger partial charge in [0.2, 0.25) is 0 Å². The van der Waals surface area contributed by atoms with Crippen molar-refractivity contribution in [3.05, 3.63) is 41.5 Å². The smallest absolute Gasteiger partial charge is 0.314 e. The molecule has 1 saturated heterocycles. The molecule has 3 heterocycles. The summed E-state index contributed by atoms with van der Waals surface area (Å²) < 4.78 is 2.24. The zero-order valence-corrected chi connectivity index (χ0v) is 14.8. The van der Waals surface area contributed by atoms with Crippen LogP contribution in [0.25, 0.3) is 0 Å². The number of hydrogen-bond donors (Lipinski definition) is 1. The number of carbonyl (C=O) groups is 1. The Morgan fingerprint density at radius 1 is 1.19 bits per heavy atom. The number of nitrogens with zero attached hydrogens (tertiary/aromatic N) is 4. The largest absolute Gasteiger partial charge is 0.322 e. The van der Waals surface area contributed by atoms with Crippen molar-refractivity contribution in [3.63, 3.8) is 0 Å². The number of rotatable bonds is 2. The number of aromatic nitrogens is 3. The van der Waals surface area contributed by atoms with E-state index < -0.39 is 0 Å². The second-order valence-electron chi connectivity index (χ2n) is 6.94. The lowest BCUT2D eigenvalue weighted by Gasteiger charge is -2.25. The minimum absolute atomic E-state index is 0.00911. The van der Waals surface area contributed by atoms with Crippen LogP contribution in [0.1, 0.15) is 55.4 Å². The van der Waals surface area contributed by atoms with Gasteiger partial charge in [-0.2, -0.15) is 0 Å². The number of anilines is 1. The van der Waals surface area contributed by atoms with Crippen molar-refractivity contribution >= 4 is 11.7 Å². The third-order valence-corrected chi connectivity index (χ3v) is 5.23. The van der Waals surface area contributed by atoms with Gasteiger partial charge in [0.05, 0.1) is 6.04 Å². The van der Waals surface area contributed by atoms with Crippen molar-refractivity contribution in [2.45, 2.75) is 51.1 Å². The molecule has 0 bridgehead atoms. The molecule has 1 atom stereocenters. The Hall–Kier alpha value is -2.81. The van der Waals surface area contributed by atoms with Crippen LogP contribution in [0.5, 0.6) is 0 Å². The molecule has 26 heavy (non-hydrogen) atoms. The van der Waals surface area contributed by atoms with Crippen molar-refractivity contribution < 1.29 is 4.79 Å². The van der Waals surface area contributed by atoms with E-state index in [1.807, 2.05) is 29.2 Å². The summed E-state index contributed by atoms with van der Waals surface area (Å²) in [6.45, 7) is 1.68. The second kappa shape index (κ2) is 7.20. The molecule has 0 aliphatic carbocycles. The Balaban J connectivity index is 1.54. The van der Waals surface area contributed by atoms with Crippen molar-refractivity contribution in [2.75, 3.05) is 11.9 Å². The predicted molar refractivity (Wildman–Crippen MR) is 99.7 cm³/mol. The van der Waals surface area contributed by atoms with E-state index >= 15 is 0 Å². The maximum absolute atomic E-state index is 12.9. The number of aryl methyl sites for hydroxylation is 1. The van der Waals surface area contributed by atoms with E-state index in [-0.39, 0.29) is 12.1 Å². The topological polar surface area (TPSA) is 63.1 Å². The summed E-state index contributed by atoms with van der Waals surface area (Å²) in [5.41, 5.74) is 1.47. The van der Waals surface area contributed by atoms with Crippen LogP contribution < -0.4 is 5.32 Å². The van der Waals surface area contributed by atoms with Gasteiger partial charge in [-0.15, -0.1) is 16.6 Å². The van der Waals surface area contributed by atoms with Gasteiger partial charge in [0.25, 0.3) is 0 Å². The first kappa shape index (κ1) is 16.6. The first-order valence-electron chi connectivity index (χ1n) is 9.32. The molecule has 1 fully saturated rings. The van der Waals surface area contributed by atoms with Gasteiger partial charge >= 0.3 is 6.03 Å². The third-order valence-electron chi connectivity index (χ3n) is 5.23. The number of fused-ring (bicyclic) bond motifs is 1. The number of carbonyl (C=O) groups excluding carboxylic acids is 1. The Labute approximate surface area is 153 Å². The zero-order chi connectivity index (χ0) is 17.9. The standard InChI is InChI=1S/C20H23N5O/c1-2-15-8-6-9-16(14-15)21-20(26)24-13-7-10-17(24)19-23-22-18-11-4-3-5-12-25(18)19/h1,6,8-9,14,17H,3-5,7,10-13H2,(H,21,26)/t17-/m1/s1. The average molecular weight is 349 g/mol. The quantitative estimate of drug-likeness (QED) is 0.846. The fourth-order valence-electron chi connectivity index (χ4n) is 3.91. The fourth-order valence-corrected chi connectivity index (χ4v) is 3.91. The highest BCUT2D eigenvalue weighted by molar-refractivity contribution is 5.90. The first-order valence-corrected chi connectivity index (χ1v) is 9.32. The number of hydrogen-bond acceptors (Lipinski definition) is 3. The molecule has 0 unspecified atom stereocenters. The molecule has 6 nitrogen and oxygen atoms in total. The van der Waals surface area contributed by atoms with E-state index in [4.69, 9.17) is 6.42 Å².